The predicted molar refractivity (Wildman–Crippen MR) is 80.3 cm³/mol. The number of ether oxygens (including phenoxy) is 1. The van der Waals surface area contributed by atoms with Gasteiger partial charge < -0.3 is 15.0 Å². The molecule has 0 aliphatic rings. The second kappa shape index (κ2) is 6.60. The summed E-state index contributed by atoms with van der Waals surface area (Å²) in [7, 11) is 3.16. The topological polar surface area (TPSA) is 41.6 Å². The molecule has 2 rings (SSSR count). The normalized spacial score (nSPS) is 10.3. The molecule has 23 heavy (non-hydrogen) atoms. The van der Waals surface area contributed by atoms with Crippen molar-refractivity contribution in [2.75, 3.05) is 19.4 Å². The maximum atomic E-state index is 13.9. The first-order valence-electron chi connectivity index (χ1n) is 6.70. The summed E-state index contributed by atoms with van der Waals surface area (Å²) in [6.45, 7) is 1.12. The Bertz CT molecular complexity index is 748. The molecular formula is C16H15F3N2O2. The number of nitrogens with one attached hydrogen (secondary N) is 1. The van der Waals surface area contributed by atoms with E-state index in [4.69, 9.17) is 4.74 Å². The molecule has 0 spiro atoms. The van der Waals surface area contributed by atoms with Crippen LogP contribution >= 0.6 is 0 Å². The third kappa shape index (κ3) is 3.74. The van der Waals surface area contributed by atoms with Crippen LogP contribution in [0.1, 0.15) is 5.56 Å². The quantitative estimate of drug-likeness (QED) is 0.855. The van der Waals surface area contributed by atoms with Crippen LogP contribution < -0.4 is 10.1 Å². The Morgan fingerprint density at radius 3 is 2.48 bits per heavy atom. The number of anilines is 1. The lowest BCUT2D eigenvalue weighted by Crippen LogP contribution is -2.27. The Morgan fingerprint density at radius 1 is 1.13 bits per heavy atom. The zero-order chi connectivity index (χ0) is 17.1. The van der Waals surface area contributed by atoms with Gasteiger partial charge in [-0.3, -0.25) is 0 Å². The van der Waals surface area contributed by atoms with Gasteiger partial charge in [0.25, 0.3) is 0 Å². The van der Waals surface area contributed by atoms with Gasteiger partial charge in [0.1, 0.15) is 5.75 Å². The molecule has 2 aromatic rings. The summed E-state index contributed by atoms with van der Waals surface area (Å²) >= 11 is 0. The highest BCUT2D eigenvalue weighted by Gasteiger charge is 2.17. The van der Waals surface area contributed by atoms with E-state index >= 15 is 0 Å². The molecule has 0 saturated heterocycles. The molecule has 0 unspecified atom stereocenters. The van der Waals surface area contributed by atoms with Gasteiger partial charge in [-0.05, 0) is 19.1 Å². The van der Waals surface area contributed by atoms with E-state index in [9.17, 15) is 18.0 Å². The van der Waals surface area contributed by atoms with Crippen molar-refractivity contribution < 1.29 is 22.7 Å². The Hall–Kier alpha value is -2.70. The van der Waals surface area contributed by atoms with Crippen molar-refractivity contribution in [3.63, 3.8) is 0 Å². The summed E-state index contributed by atoms with van der Waals surface area (Å²) in [6, 6.07) is 6.42. The standard InChI is InChI=1S/C16H15F3N2O2/c1-9-14(18)12(17)8-13(15(9)19)23-11-6-4-5-10(7-11)20-16(22)21(2)3/h4-8H,1-3H3,(H,20,22). The van der Waals surface area contributed by atoms with E-state index in [1.807, 2.05) is 0 Å². The van der Waals surface area contributed by atoms with Gasteiger partial charge >= 0.3 is 6.03 Å². The zero-order valence-electron chi connectivity index (χ0n) is 12.8. The highest BCUT2D eigenvalue weighted by Crippen LogP contribution is 2.30. The number of carbonyl (C=O) groups is 1. The number of amides is 2. The second-order valence-electron chi connectivity index (χ2n) is 5.06. The molecule has 2 amide bonds. The summed E-state index contributed by atoms with van der Waals surface area (Å²) in [4.78, 5) is 12.9. The predicted octanol–water partition coefficient (Wildman–Crippen LogP) is 4.30. The number of halogens is 3. The van der Waals surface area contributed by atoms with Crippen molar-refractivity contribution >= 4 is 11.7 Å². The lowest BCUT2D eigenvalue weighted by atomic mass is 10.2. The first-order chi connectivity index (χ1) is 10.8. The molecule has 0 atom stereocenters. The van der Waals surface area contributed by atoms with Crippen LogP contribution in [0.25, 0.3) is 0 Å². The van der Waals surface area contributed by atoms with Crippen molar-refractivity contribution in [2.24, 2.45) is 0 Å². The maximum absolute atomic E-state index is 13.9. The number of nitrogens with zero attached hydrogens (tertiary/aromatic N) is 1. The molecule has 0 radical (unpaired) electrons. The molecule has 122 valence electrons. The van der Waals surface area contributed by atoms with Gasteiger partial charge in [0.05, 0.1) is 0 Å². The summed E-state index contributed by atoms with van der Waals surface area (Å²) in [6.07, 6.45) is 0. The molecule has 1 N–H and O–H groups in total. The maximum Gasteiger partial charge on any atom is 0.321 e. The fraction of sp³-hybridized carbons (Fsp3) is 0.188. The highest BCUT2D eigenvalue weighted by molar-refractivity contribution is 5.89. The molecule has 0 heterocycles. The minimum atomic E-state index is -1.25. The molecule has 0 aliphatic carbocycles. The van der Waals surface area contributed by atoms with Crippen molar-refractivity contribution in [3.05, 3.63) is 53.3 Å². The van der Waals surface area contributed by atoms with Gasteiger partial charge in [0, 0.05) is 37.5 Å². The Morgan fingerprint density at radius 2 is 1.83 bits per heavy atom. The van der Waals surface area contributed by atoms with Gasteiger partial charge in [0.2, 0.25) is 0 Å². The number of hydrogen-bond acceptors (Lipinski definition) is 2. The van der Waals surface area contributed by atoms with E-state index in [0.717, 1.165) is 6.92 Å². The van der Waals surface area contributed by atoms with Gasteiger partial charge in [-0.25, -0.2) is 18.0 Å². The van der Waals surface area contributed by atoms with E-state index in [-0.39, 0.29) is 11.8 Å². The Labute approximate surface area is 131 Å². The largest absolute Gasteiger partial charge is 0.454 e. The monoisotopic (exact) mass is 324 g/mol. The summed E-state index contributed by atoms with van der Waals surface area (Å²) in [5.74, 6) is -3.69. The van der Waals surface area contributed by atoms with E-state index < -0.39 is 28.8 Å². The number of urea groups is 1. The molecular weight excluding hydrogens is 309 g/mol. The van der Waals surface area contributed by atoms with Crippen LogP contribution in [0.3, 0.4) is 0 Å². The summed E-state index contributed by atoms with van der Waals surface area (Å²) in [5, 5.41) is 2.59. The van der Waals surface area contributed by atoms with Gasteiger partial charge in [-0.15, -0.1) is 0 Å². The fourth-order valence-corrected chi connectivity index (χ4v) is 1.78. The van der Waals surface area contributed by atoms with E-state index in [1.165, 1.54) is 17.0 Å². The van der Waals surface area contributed by atoms with Crippen LogP contribution in [-0.2, 0) is 0 Å². The van der Waals surface area contributed by atoms with Crippen LogP contribution in [-0.4, -0.2) is 25.0 Å². The Kier molecular flexibility index (Phi) is 4.78. The first kappa shape index (κ1) is 16.7. The molecule has 0 saturated carbocycles. The van der Waals surface area contributed by atoms with Crippen molar-refractivity contribution in [1.29, 1.82) is 0 Å². The molecule has 0 bridgehead atoms. The number of hydrogen-bond donors (Lipinski definition) is 1. The van der Waals surface area contributed by atoms with Crippen molar-refractivity contribution in [3.8, 4) is 11.5 Å². The number of carbonyl (C=O) groups excluding carboxylic acids is 1. The third-order valence-corrected chi connectivity index (χ3v) is 3.06. The number of benzene rings is 2. The van der Waals surface area contributed by atoms with Crippen LogP contribution in [0.4, 0.5) is 23.7 Å². The minimum Gasteiger partial charge on any atom is -0.454 e. The molecule has 0 fully saturated rings. The molecule has 7 heteroatoms. The van der Waals surface area contributed by atoms with Crippen LogP contribution in [0, 0.1) is 24.4 Å². The molecule has 0 aliphatic heterocycles. The van der Waals surface area contributed by atoms with E-state index in [0.29, 0.717) is 11.8 Å². The van der Waals surface area contributed by atoms with Gasteiger partial charge in [-0.2, -0.15) is 0 Å². The van der Waals surface area contributed by atoms with Crippen LogP contribution in [0.2, 0.25) is 0 Å². The van der Waals surface area contributed by atoms with Crippen molar-refractivity contribution in [1.82, 2.24) is 4.90 Å². The highest BCUT2D eigenvalue weighted by atomic mass is 19.2. The molecule has 2 aromatic carbocycles. The van der Waals surface area contributed by atoms with Crippen LogP contribution in [0.15, 0.2) is 30.3 Å². The van der Waals surface area contributed by atoms with E-state index in [1.54, 1.807) is 26.2 Å². The van der Waals surface area contributed by atoms with Crippen LogP contribution in [0.5, 0.6) is 11.5 Å². The fourth-order valence-electron chi connectivity index (χ4n) is 1.78. The average Bonchev–Trinajstić information content (AvgIpc) is 2.50. The molecule has 0 aromatic heterocycles. The minimum absolute atomic E-state index is 0.172. The SMILES string of the molecule is Cc1c(F)c(F)cc(Oc2cccc(NC(=O)N(C)C)c2)c1F. The first-order valence-corrected chi connectivity index (χ1v) is 6.70. The third-order valence-electron chi connectivity index (χ3n) is 3.06. The lowest BCUT2D eigenvalue weighted by molar-refractivity contribution is 0.230. The summed E-state index contributed by atoms with van der Waals surface area (Å²) < 4.78 is 45.8. The second-order valence-corrected chi connectivity index (χ2v) is 5.06. The number of rotatable bonds is 3. The Balaban J connectivity index is 2.26. The summed E-state index contributed by atoms with van der Waals surface area (Å²) in [5.41, 5.74) is -0.0435. The van der Waals surface area contributed by atoms with Crippen molar-refractivity contribution in [2.45, 2.75) is 6.92 Å². The van der Waals surface area contributed by atoms with Gasteiger partial charge in [0.15, 0.2) is 23.2 Å². The zero-order valence-corrected chi connectivity index (χ0v) is 12.8. The molecule has 4 nitrogen and oxygen atoms in total. The van der Waals surface area contributed by atoms with Gasteiger partial charge in [-0.1, -0.05) is 6.07 Å². The smallest absolute Gasteiger partial charge is 0.321 e. The average molecular weight is 324 g/mol. The lowest BCUT2D eigenvalue weighted by Gasteiger charge is -2.13. The van der Waals surface area contributed by atoms with E-state index in [2.05, 4.69) is 5.32 Å².